The van der Waals surface area contributed by atoms with Gasteiger partial charge in [-0.2, -0.15) is 0 Å². The van der Waals surface area contributed by atoms with Gasteiger partial charge < -0.3 is 14.2 Å². The molecule has 4 aromatic rings. The summed E-state index contributed by atoms with van der Waals surface area (Å²) in [6.45, 7) is 2.04. The molecule has 0 fully saturated rings. The lowest BCUT2D eigenvalue weighted by molar-refractivity contribution is 0.0988. The van der Waals surface area contributed by atoms with Gasteiger partial charge in [0, 0.05) is 29.7 Å². The predicted octanol–water partition coefficient (Wildman–Crippen LogP) is 3.55. The minimum Gasteiger partial charge on any atom is -0.351 e. The van der Waals surface area contributed by atoms with Gasteiger partial charge in [0.15, 0.2) is 0 Å². The van der Waals surface area contributed by atoms with Gasteiger partial charge in [0.05, 0.1) is 11.9 Å². The molecule has 3 heterocycles. The van der Waals surface area contributed by atoms with E-state index in [1.165, 1.54) is 12.3 Å². The largest absolute Gasteiger partial charge is 0.351 e. The number of aromatic nitrogens is 3. The van der Waals surface area contributed by atoms with Gasteiger partial charge in [-0.15, -0.1) is 0 Å². The van der Waals surface area contributed by atoms with Crippen LogP contribution in [-0.2, 0) is 0 Å². The van der Waals surface area contributed by atoms with Crippen LogP contribution in [0.2, 0.25) is 0 Å². The number of anilines is 1. The number of carbonyl (C=O) groups is 1. The number of nitrogens with zero attached hydrogens (tertiary/aromatic N) is 3. The van der Waals surface area contributed by atoms with Crippen molar-refractivity contribution in [2.75, 3.05) is 5.32 Å². The first-order valence-electron chi connectivity index (χ1n) is 7.47. The molecule has 0 radical (unpaired) electrons. The van der Waals surface area contributed by atoms with Crippen LogP contribution in [0.5, 0.6) is 0 Å². The molecule has 0 spiro atoms. The molecule has 3 aromatic heterocycles. The number of rotatable bonds is 3. The van der Waals surface area contributed by atoms with Crippen LogP contribution in [-0.4, -0.2) is 20.4 Å². The standard InChI is InChI=1S/C18H14N4O2/c1-12-3-2-10-22-11-15(21-17(12)22)13-4-6-14(7-5-13)20-18(23)16-8-9-19-24-16/h2-11H,1H3,(H,20,23). The van der Waals surface area contributed by atoms with E-state index < -0.39 is 0 Å². The molecule has 0 saturated carbocycles. The average Bonchev–Trinajstić information content (AvgIpc) is 3.26. The molecule has 1 N–H and O–H groups in total. The van der Waals surface area contributed by atoms with E-state index >= 15 is 0 Å². The van der Waals surface area contributed by atoms with Crippen molar-refractivity contribution in [2.45, 2.75) is 6.92 Å². The molecule has 1 aromatic carbocycles. The lowest BCUT2D eigenvalue weighted by Crippen LogP contribution is -2.10. The zero-order valence-electron chi connectivity index (χ0n) is 12.9. The van der Waals surface area contributed by atoms with Gasteiger partial charge in [-0.05, 0) is 30.7 Å². The first kappa shape index (κ1) is 14.2. The van der Waals surface area contributed by atoms with Crippen molar-refractivity contribution in [1.29, 1.82) is 0 Å². The fraction of sp³-hybridized carbons (Fsp3) is 0.0556. The monoisotopic (exact) mass is 318 g/mol. The van der Waals surface area contributed by atoms with E-state index in [2.05, 4.69) is 15.5 Å². The van der Waals surface area contributed by atoms with Gasteiger partial charge in [-0.3, -0.25) is 4.79 Å². The van der Waals surface area contributed by atoms with Crippen LogP contribution < -0.4 is 5.32 Å². The number of aryl methyl sites for hydroxylation is 1. The number of imidazole rings is 1. The van der Waals surface area contributed by atoms with Gasteiger partial charge in [0.1, 0.15) is 5.65 Å². The maximum absolute atomic E-state index is 11.9. The maximum Gasteiger partial charge on any atom is 0.294 e. The second-order valence-corrected chi connectivity index (χ2v) is 5.46. The first-order chi connectivity index (χ1) is 11.7. The Hall–Kier alpha value is -3.41. The third kappa shape index (κ3) is 2.54. The molecule has 0 aliphatic carbocycles. The number of hydrogen-bond acceptors (Lipinski definition) is 4. The Labute approximate surface area is 137 Å². The Morgan fingerprint density at radius 3 is 2.71 bits per heavy atom. The third-order valence-electron chi connectivity index (χ3n) is 3.78. The van der Waals surface area contributed by atoms with Crippen molar-refractivity contribution in [3.8, 4) is 11.3 Å². The molecule has 0 bridgehead atoms. The topological polar surface area (TPSA) is 72.4 Å². The molecule has 0 saturated heterocycles. The molecule has 0 unspecified atom stereocenters. The number of benzene rings is 1. The highest BCUT2D eigenvalue weighted by atomic mass is 16.5. The summed E-state index contributed by atoms with van der Waals surface area (Å²) >= 11 is 0. The zero-order valence-corrected chi connectivity index (χ0v) is 12.9. The summed E-state index contributed by atoms with van der Waals surface area (Å²) in [6.07, 6.45) is 5.40. The second-order valence-electron chi connectivity index (χ2n) is 5.46. The number of hydrogen-bond donors (Lipinski definition) is 1. The van der Waals surface area contributed by atoms with Crippen LogP contribution in [0.4, 0.5) is 5.69 Å². The fourth-order valence-electron chi connectivity index (χ4n) is 2.54. The molecule has 0 aliphatic rings. The number of amides is 1. The lowest BCUT2D eigenvalue weighted by atomic mass is 10.1. The molecular formula is C18H14N4O2. The van der Waals surface area contributed by atoms with Gasteiger partial charge >= 0.3 is 0 Å². The Kier molecular flexibility index (Phi) is 3.35. The normalized spacial score (nSPS) is 10.9. The highest BCUT2D eigenvalue weighted by Gasteiger charge is 2.10. The Bertz CT molecular complexity index is 1000. The molecule has 0 aliphatic heterocycles. The summed E-state index contributed by atoms with van der Waals surface area (Å²) in [5.74, 6) is -0.154. The quantitative estimate of drug-likeness (QED) is 0.627. The number of pyridine rings is 1. The lowest BCUT2D eigenvalue weighted by Gasteiger charge is -2.03. The first-order valence-corrected chi connectivity index (χ1v) is 7.47. The van der Waals surface area contributed by atoms with Gasteiger partial charge in [-0.1, -0.05) is 23.4 Å². The molecule has 6 heteroatoms. The molecule has 24 heavy (non-hydrogen) atoms. The summed E-state index contributed by atoms with van der Waals surface area (Å²) in [4.78, 5) is 16.6. The Balaban J connectivity index is 1.58. The third-order valence-corrected chi connectivity index (χ3v) is 3.78. The van der Waals surface area contributed by atoms with Crippen LogP contribution >= 0.6 is 0 Å². The minimum atomic E-state index is -0.330. The Morgan fingerprint density at radius 2 is 2.00 bits per heavy atom. The van der Waals surface area contributed by atoms with Crippen molar-refractivity contribution in [1.82, 2.24) is 14.5 Å². The number of nitrogens with one attached hydrogen (secondary N) is 1. The van der Waals surface area contributed by atoms with E-state index in [0.717, 1.165) is 22.5 Å². The second kappa shape index (κ2) is 5.66. The number of carbonyl (C=O) groups excluding carboxylic acids is 1. The van der Waals surface area contributed by atoms with Crippen LogP contribution in [0, 0.1) is 6.92 Å². The van der Waals surface area contributed by atoms with Gasteiger partial charge in [0.2, 0.25) is 5.76 Å². The van der Waals surface area contributed by atoms with Crippen molar-refractivity contribution < 1.29 is 9.32 Å². The molecule has 4 rings (SSSR count). The van der Waals surface area contributed by atoms with Crippen LogP contribution in [0.3, 0.4) is 0 Å². The van der Waals surface area contributed by atoms with E-state index in [-0.39, 0.29) is 11.7 Å². The van der Waals surface area contributed by atoms with E-state index in [9.17, 15) is 4.79 Å². The van der Waals surface area contributed by atoms with Crippen LogP contribution in [0.25, 0.3) is 16.9 Å². The van der Waals surface area contributed by atoms with Crippen molar-refractivity contribution >= 4 is 17.2 Å². The number of fused-ring (bicyclic) bond motifs is 1. The summed E-state index contributed by atoms with van der Waals surface area (Å²) in [7, 11) is 0. The SMILES string of the molecule is Cc1cccn2cc(-c3ccc(NC(=O)c4ccno4)cc3)nc12. The summed E-state index contributed by atoms with van der Waals surface area (Å²) < 4.78 is 6.83. The van der Waals surface area contributed by atoms with Crippen molar-refractivity contribution in [3.05, 3.63) is 72.4 Å². The molecular weight excluding hydrogens is 304 g/mol. The van der Waals surface area contributed by atoms with E-state index in [4.69, 9.17) is 4.52 Å². The molecule has 0 atom stereocenters. The van der Waals surface area contributed by atoms with E-state index in [1.807, 2.05) is 60.1 Å². The predicted molar refractivity (Wildman–Crippen MR) is 89.8 cm³/mol. The molecule has 1 amide bonds. The van der Waals surface area contributed by atoms with Gasteiger partial charge in [-0.25, -0.2) is 4.98 Å². The summed E-state index contributed by atoms with van der Waals surface area (Å²) in [6, 6.07) is 13.1. The highest BCUT2D eigenvalue weighted by Crippen LogP contribution is 2.22. The average molecular weight is 318 g/mol. The maximum atomic E-state index is 11.9. The smallest absolute Gasteiger partial charge is 0.294 e. The van der Waals surface area contributed by atoms with Crippen molar-refractivity contribution in [2.24, 2.45) is 0 Å². The zero-order chi connectivity index (χ0) is 16.5. The van der Waals surface area contributed by atoms with Crippen molar-refractivity contribution in [3.63, 3.8) is 0 Å². The van der Waals surface area contributed by atoms with E-state index in [0.29, 0.717) is 5.69 Å². The van der Waals surface area contributed by atoms with Crippen LogP contribution in [0.15, 0.2) is 65.6 Å². The summed E-state index contributed by atoms with van der Waals surface area (Å²) in [5, 5.41) is 6.28. The fourth-order valence-corrected chi connectivity index (χ4v) is 2.54. The Morgan fingerprint density at radius 1 is 1.17 bits per heavy atom. The van der Waals surface area contributed by atoms with Gasteiger partial charge in [0.25, 0.3) is 5.91 Å². The molecule has 6 nitrogen and oxygen atoms in total. The van der Waals surface area contributed by atoms with Crippen LogP contribution in [0.1, 0.15) is 16.1 Å². The minimum absolute atomic E-state index is 0.176. The molecule has 118 valence electrons. The summed E-state index contributed by atoms with van der Waals surface area (Å²) in [5.41, 5.74) is 4.61. The van der Waals surface area contributed by atoms with E-state index in [1.54, 1.807) is 0 Å². The highest BCUT2D eigenvalue weighted by molar-refractivity contribution is 6.02.